The van der Waals surface area contributed by atoms with Gasteiger partial charge in [-0.1, -0.05) is 0 Å². The molecule has 1 rings (SSSR count). The van der Waals surface area contributed by atoms with E-state index in [1.807, 2.05) is 0 Å². The minimum absolute atomic E-state index is 0.178. The summed E-state index contributed by atoms with van der Waals surface area (Å²) in [7, 11) is -3.30. The highest BCUT2D eigenvalue weighted by Crippen LogP contribution is 2.10. The van der Waals surface area contributed by atoms with Gasteiger partial charge in [-0.25, -0.2) is 0 Å². The van der Waals surface area contributed by atoms with Crippen LogP contribution >= 0.6 is 0 Å². The molecule has 0 aromatic carbocycles. The Morgan fingerprint density at radius 1 is 1.38 bits per heavy atom. The largest absolute Gasteiger partial charge is 0.350 e. The Morgan fingerprint density at radius 3 is 2.54 bits per heavy atom. The number of ether oxygens (including phenoxy) is 2. The third-order valence-electron chi connectivity index (χ3n) is 1.57. The van der Waals surface area contributed by atoms with Crippen molar-refractivity contribution < 1.29 is 22.1 Å². The first kappa shape index (κ1) is 10.9. The summed E-state index contributed by atoms with van der Waals surface area (Å²) >= 11 is 0. The van der Waals surface area contributed by atoms with Crippen LogP contribution in [-0.4, -0.2) is 40.8 Å². The van der Waals surface area contributed by atoms with Gasteiger partial charge in [0, 0.05) is 6.42 Å². The van der Waals surface area contributed by atoms with Gasteiger partial charge in [0.25, 0.3) is 10.1 Å². The van der Waals surface area contributed by atoms with Crippen LogP contribution in [0, 0.1) is 0 Å². The molecule has 0 atom stereocenters. The molecule has 0 N–H and O–H groups in total. The number of hydrogen-bond acceptors (Lipinski definition) is 5. The van der Waals surface area contributed by atoms with Crippen molar-refractivity contribution in [3.63, 3.8) is 0 Å². The predicted octanol–water partition coefficient (Wildman–Crippen LogP) is 0.116. The predicted molar refractivity (Wildman–Crippen MR) is 45.7 cm³/mol. The van der Waals surface area contributed by atoms with E-state index in [2.05, 4.69) is 4.18 Å². The minimum atomic E-state index is -3.30. The van der Waals surface area contributed by atoms with E-state index in [0.717, 1.165) is 6.26 Å². The number of rotatable bonds is 5. The molecular formula is C7H14O5S. The molecule has 1 fully saturated rings. The van der Waals surface area contributed by atoms with Crippen LogP contribution in [0.4, 0.5) is 0 Å². The van der Waals surface area contributed by atoms with Crippen LogP contribution in [0.1, 0.15) is 12.8 Å². The number of hydrogen-bond donors (Lipinski definition) is 0. The van der Waals surface area contributed by atoms with Crippen molar-refractivity contribution in [3.05, 3.63) is 0 Å². The monoisotopic (exact) mass is 210 g/mol. The van der Waals surface area contributed by atoms with Gasteiger partial charge in [0.05, 0.1) is 26.1 Å². The Morgan fingerprint density at radius 2 is 2.00 bits per heavy atom. The van der Waals surface area contributed by atoms with Gasteiger partial charge in [-0.05, 0) is 6.42 Å². The zero-order valence-corrected chi connectivity index (χ0v) is 8.38. The lowest BCUT2D eigenvalue weighted by Crippen LogP contribution is -2.10. The molecule has 13 heavy (non-hydrogen) atoms. The summed E-state index contributed by atoms with van der Waals surface area (Å²) in [5, 5.41) is 0. The van der Waals surface area contributed by atoms with E-state index in [-0.39, 0.29) is 12.9 Å². The normalized spacial score (nSPS) is 19.5. The fourth-order valence-electron chi connectivity index (χ4n) is 1.03. The first-order valence-electron chi connectivity index (χ1n) is 4.15. The van der Waals surface area contributed by atoms with Crippen molar-refractivity contribution >= 4 is 10.1 Å². The summed E-state index contributed by atoms with van der Waals surface area (Å²) in [4.78, 5) is 0. The van der Waals surface area contributed by atoms with Crippen LogP contribution in [0.3, 0.4) is 0 Å². The molecule has 5 nitrogen and oxygen atoms in total. The van der Waals surface area contributed by atoms with Crippen LogP contribution in [0.25, 0.3) is 0 Å². The van der Waals surface area contributed by atoms with Crippen LogP contribution in [0.2, 0.25) is 0 Å². The fraction of sp³-hybridized carbons (Fsp3) is 1.00. The van der Waals surface area contributed by atoms with Crippen LogP contribution in [0.15, 0.2) is 0 Å². The molecule has 0 aliphatic carbocycles. The van der Waals surface area contributed by atoms with Gasteiger partial charge >= 0.3 is 0 Å². The second-order valence-electron chi connectivity index (χ2n) is 2.84. The third-order valence-corrected chi connectivity index (χ3v) is 2.17. The Balaban J connectivity index is 2.01. The molecule has 1 aliphatic rings. The molecule has 0 saturated carbocycles. The quantitative estimate of drug-likeness (QED) is 0.476. The minimum Gasteiger partial charge on any atom is -0.350 e. The Bertz CT molecular complexity index is 229. The summed E-state index contributed by atoms with van der Waals surface area (Å²) in [5.41, 5.74) is 0. The molecule has 6 heteroatoms. The second kappa shape index (κ2) is 4.90. The molecule has 1 saturated heterocycles. The molecule has 0 aromatic heterocycles. The topological polar surface area (TPSA) is 61.8 Å². The smallest absolute Gasteiger partial charge is 0.264 e. The first-order valence-corrected chi connectivity index (χ1v) is 5.97. The zero-order valence-electron chi connectivity index (χ0n) is 7.56. The van der Waals surface area contributed by atoms with Gasteiger partial charge in [-0.3, -0.25) is 4.18 Å². The van der Waals surface area contributed by atoms with Gasteiger partial charge in [-0.2, -0.15) is 8.42 Å². The lowest BCUT2D eigenvalue weighted by atomic mass is 10.3. The Labute approximate surface area is 78.1 Å². The average molecular weight is 210 g/mol. The van der Waals surface area contributed by atoms with Crippen LogP contribution in [-0.2, 0) is 23.8 Å². The van der Waals surface area contributed by atoms with E-state index in [4.69, 9.17) is 9.47 Å². The Kier molecular flexibility index (Phi) is 4.11. The average Bonchev–Trinajstić information content (AvgIpc) is 2.48. The maximum absolute atomic E-state index is 10.5. The molecule has 0 radical (unpaired) electrons. The van der Waals surface area contributed by atoms with Gasteiger partial charge in [0.2, 0.25) is 0 Å². The van der Waals surface area contributed by atoms with E-state index in [0.29, 0.717) is 26.1 Å². The first-order chi connectivity index (χ1) is 6.08. The Hall–Kier alpha value is -0.170. The van der Waals surface area contributed by atoms with E-state index < -0.39 is 10.1 Å². The highest BCUT2D eigenvalue weighted by Gasteiger charge is 2.15. The lowest BCUT2D eigenvalue weighted by molar-refractivity contribution is -0.0492. The summed E-state index contributed by atoms with van der Waals surface area (Å²) in [6.07, 6.45) is 2.16. The molecule has 1 aliphatic heterocycles. The summed E-state index contributed by atoms with van der Waals surface area (Å²) < 4.78 is 36.0. The van der Waals surface area contributed by atoms with Crippen molar-refractivity contribution in [3.8, 4) is 0 Å². The highest BCUT2D eigenvalue weighted by molar-refractivity contribution is 7.85. The molecule has 0 bridgehead atoms. The van der Waals surface area contributed by atoms with Crippen molar-refractivity contribution in [1.29, 1.82) is 0 Å². The van der Waals surface area contributed by atoms with Crippen molar-refractivity contribution in [1.82, 2.24) is 0 Å². The van der Waals surface area contributed by atoms with Crippen molar-refractivity contribution in [2.24, 2.45) is 0 Å². The van der Waals surface area contributed by atoms with Crippen molar-refractivity contribution in [2.45, 2.75) is 19.1 Å². The summed E-state index contributed by atoms with van der Waals surface area (Å²) in [5.74, 6) is 0. The van der Waals surface area contributed by atoms with E-state index in [1.54, 1.807) is 0 Å². The van der Waals surface area contributed by atoms with Gasteiger partial charge in [0.1, 0.15) is 0 Å². The molecule has 0 unspecified atom stereocenters. The van der Waals surface area contributed by atoms with E-state index in [1.165, 1.54) is 0 Å². The SMILES string of the molecule is CS(=O)(=O)OCCCC1OCCO1. The maximum Gasteiger partial charge on any atom is 0.264 e. The van der Waals surface area contributed by atoms with Crippen molar-refractivity contribution in [2.75, 3.05) is 26.1 Å². The van der Waals surface area contributed by atoms with E-state index >= 15 is 0 Å². The molecule has 1 heterocycles. The molecular weight excluding hydrogens is 196 g/mol. The highest BCUT2D eigenvalue weighted by atomic mass is 32.2. The zero-order chi connectivity index (χ0) is 9.73. The van der Waals surface area contributed by atoms with Crippen LogP contribution < -0.4 is 0 Å². The molecule has 0 spiro atoms. The molecule has 0 aromatic rings. The standard InChI is InChI=1S/C7H14O5S/c1-13(8,9)12-4-2-3-7-10-5-6-11-7/h7H,2-6H2,1H3. The summed E-state index contributed by atoms with van der Waals surface area (Å²) in [6, 6.07) is 0. The van der Waals surface area contributed by atoms with Gasteiger partial charge in [-0.15, -0.1) is 0 Å². The fourth-order valence-corrected chi connectivity index (χ4v) is 1.45. The lowest BCUT2D eigenvalue weighted by Gasteiger charge is -2.07. The van der Waals surface area contributed by atoms with E-state index in [9.17, 15) is 8.42 Å². The van der Waals surface area contributed by atoms with Gasteiger partial charge in [0.15, 0.2) is 6.29 Å². The van der Waals surface area contributed by atoms with Crippen LogP contribution in [0.5, 0.6) is 0 Å². The maximum atomic E-state index is 10.5. The molecule has 0 amide bonds. The summed E-state index contributed by atoms with van der Waals surface area (Å²) in [6.45, 7) is 1.44. The van der Waals surface area contributed by atoms with Gasteiger partial charge < -0.3 is 9.47 Å². The third kappa shape index (κ3) is 5.20. The molecule has 78 valence electrons. The second-order valence-corrected chi connectivity index (χ2v) is 4.48.